The quantitative estimate of drug-likeness (QED) is 0.813. The minimum absolute atomic E-state index is 0.304. The Balaban J connectivity index is 2.06. The van der Waals surface area contributed by atoms with Crippen molar-refractivity contribution in [2.24, 2.45) is 0 Å². The molecule has 2 aromatic rings. The number of hydrogen-bond donors (Lipinski definition) is 2. The first-order chi connectivity index (χ1) is 9.65. The lowest BCUT2D eigenvalue weighted by molar-refractivity contribution is -0.0683. The lowest BCUT2D eigenvalue weighted by Gasteiger charge is -2.25. The Bertz CT molecular complexity index is 553. The average molecular weight is 272 g/mol. The van der Waals surface area contributed by atoms with Crippen molar-refractivity contribution < 1.29 is 19.7 Å². The third kappa shape index (κ3) is 3.23. The Kier molecular flexibility index (Phi) is 4.50. The van der Waals surface area contributed by atoms with Gasteiger partial charge in [0.2, 0.25) is 0 Å². The Hall–Kier alpha value is -2.17. The predicted octanol–water partition coefficient (Wildman–Crippen LogP) is 1.72. The van der Waals surface area contributed by atoms with E-state index < -0.39 is 18.2 Å². The molecule has 0 bridgehead atoms. The predicted molar refractivity (Wildman–Crippen MR) is 74.1 cm³/mol. The second kappa shape index (κ2) is 6.32. The minimum atomic E-state index is -1.59. The zero-order chi connectivity index (χ0) is 14.4. The summed E-state index contributed by atoms with van der Waals surface area (Å²) in [6, 6.07) is 17.1. The van der Waals surface area contributed by atoms with Gasteiger partial charge in [-0.3, -0.25) is 0 Å². The van der Waals surface area contributed by atoms with E-state index in [1.807, 2.05) is 0 Å². The summed E-state index contributed by atoms with van der Waals surface area (Å²) in [5, 5.41) is 19.7. The molecule has 0 heterocycles. The molecule has 0 saturated carbocycles. The van der Waals surface area contributed by atoms with Gasteiger partial charge in [-0.15, -0.1) is 0 Å². The van der Waals surface area contributed by atoms with Gasteiger partial charge in [-0.1, -0.05) is 48.5 Å². The molecule has 20 heavy (non-hydrogen) atoms. The molecule has 4 nitrogen and oxygen atoms in total. The van der Waals surface area contributed by atoms with Crippen LogP contribution in [-0.4, -0.2) is 29.4 Å². The van der Waals surface area contributed by atoms with Crippen LogP contribution >= 0.6 is 0 Å². The molecule has 104 valence electrons. The van der Waals surface area contributed by atoms with E-state index in [4.69, 9.17) is 4.74 Å². The molecule has 1 unspecified atom stereocenters. The van der Waals surface area contributed by atoms with Gasteiger partial charge in [0, 0.05) is 0 Å². The Morgan fingerprint density at radius 3 is 2.10 bits per heavy atom. The van der Waals surface area contributed by atoms with Crippen LogP contribution in [0.5, 0.6) is 0 Å². The monoisotopic (exact) mass is 272 g/mol. The second-order valence-corrected chi connectivity index (χ2v) is 4.50. The molecular weight excluding hydrogens is 256 g/mol. The topological polar surface area (TPSA) is 66.8 Å². The van der Waals surface area contributed by atoms with Gasteiger partial charge in [-0.25, -0.2) is 4.79 Å². The van der Waals surface area contributed by atoms with Crippen molar-refractivity contribution in [3.05, 3.63) is 71.8 Å². The highest BCUT2D eigenvalue weighted by atomic mass is 16.5. The highest BCUT2D eigenvalue weighted by Crippen LogP contribution is 2.21. The molecule has 0 fully saturated rings. The Morgan fingerprint density at radius 2 is 1.55 bits per heavy atom. The van der Waals surface area contributed by atoms with Gasteiger partial charge in [0.1, 0.15) is 12.2 Å². The number of ether oxygens (including phenoxy) is 1. The molecule has 2 rings (SSSR count). The van der Waals surface area contributed by atoms with Crippen molar-refractivity contribution >= 4 is 5.97 Å². The first-order valence-corrected chi connectivity index (χ1v) is 6.27. The average Bonchev–Trinajstić information content (AvgIpc) is 2.54. The van der Waals surface area contributed by atoms with Crippen LogP contribution < -0.4 is 0 Å². The molecule has 1 atom stereocenters. The molecule has 0 aliphatic rings. The third-order valence-electron chi connectivity index (χ3n) is 3.02. The summed E-state index contributed by atoms with van der Waals surface area (Å²) in [7, 11) is 0. The molecular formula is C16H16O4. The molecule has 0 spiro atoms. The Labute approximate surface area is 117 Å². The molecule has 0 aliphatic heterocycles. The van der Waals surface area contributed by atoms with E-state index in [1.54, 1.807) is 60.7 Å². The van der Waals surface area contributed by atoms with Crippen molar-refractivity contribution in [2.75, 3.05) is 13.2 Å². The van der Waals surface area contributed by atoms with Crippen LogP contribution in [0.4, 0.5) is 0 Å². The van der Waals surface area contributed by atoms with E-state index in [-0.39, 0.29) is 6.61 Å². The number of rotatable bonds is 5. The second-order valence-electron chi connectivity index (χ2n) is 4.50. The Morgan fingerprint density at radius 1 is 1.00 bits per heavy atom. The molecule has 0 amide bonds. The van der Waals surface area contributed by atoms with E-state index in [0.717, 1.165) is 0 Å². The molecule has 2 N–H and O–H groups in total. The third-order valence-corrected chi connectivity index (χ3v) is 3.02. The smallest absolute Gasteiger partial charge is 0.338 e. The lowest BCUT2D eigenvalue weighted by Crippen LogP contribution is -2.36. The zero-order valence-corrected chi connectivity index (χ0v) is 10.9. The number of benzene rings is 2. The van der Waals surface area contributed by atoms with Gasteiger partial charge in [-0.2, -0.15) is 0 Å². The maximum atomic E-state index is 11.8. The van der Waals surface area contributed by atoms with E-state index in [1.165, 1.54) is 0 Å². The first kappa shape index (κ1) is 14.2. The minimum Gasteiger partial charge on any atom is -0.459 e. The van der Waals surface area contributed by atoms with Gasteiger partial charge in [-0.05, 0) is 17.7 Å². The van der Waals surface area contributed by atoms with Crippen LogP contribution in [-0.2, 0) is 10.3 Å². The van der Waals surface area contributed by atoms with Crippen molar-refractivity contribution in [2.45, 2.75) is 5.60 Å². The fourth-order valence-corrected chi connectivity index (χ4v) is 1.81. The van der Waals surface area contributed by atoms with Crippen LogP contribution in [0, 0.1) is 0 Å². The summed E-state index contributed by atoms with van der Waals surface area (Å²) in [5.41, 5.74) is -0.685. The number of aliphatic hydroxyl groups excluding tert-OH is 1. The van der Waals surface area contributed by atoms with Gasteiger partial charge >= 0.3 is 5.97 Å². The van der Waals surface area contributed by atoms with Crippen molar-refractivity contribution in [1.82, 2.24) is 0 Å². The van der Waals surface area contributed by atoms with E-state index in [2.05, 4.69) is 0 Å². The standard InChI is InChI=1S/C16H16O4/c17-11-16(19,14-9-5-2-6-10-14)12-20-15(18)13-7-3-1-4-8-13/h1-10,17,19H,11-12H2. The van der Waals surface area contributed by atoms with Gasteiger partial charge in [0.15, 0.2) is 0 Å². The van der Waals surface area contributed by atoms with Gasteiger partial charge < -0.3 is 14.9 Å². The highest BCUT2D eigenvalue weighted by Gasteiger charge is 2.30. The van der Waals surface area contributed by atoms with E-state index >= 15 is 0 Å². The summed E-state index contributed by atoms with van der Waals surface area (Å²) in [5.74, 6) is -0.534. The van der Waals surface area contributed by atoms with E-state index in [9.17, 15) is 15.0 Å². The summed E-state index contributed by atoms with van der Waals surface area (Å²) < 4.78 is 5.09. The molecule has 0 saturated heterocycles. The number of esters is 1. The number of hydrogen-bond acceptors (Lipinski definition) is 4. The summed E-state index contributed by atoms with van der Waals surface area (Å²) in [6.07, 6.45) is 0. The molecule has 4 heteroatoms. The molecule has 0 aliphatic carbocycles. The van der Waals surface area contributed by atoms with Crippen LogP contribution in [0.25, 0.3) is 0 Å². The van der Waals surface area contributed by atoms with Crippen LogP contribution in [0.2, 0.25) is 0 Å². The fraction of sp³-hybridized carbons (Fsp3) is 0.188. The summed E-state index contributed by atoms with van der Waals surface area (Å²) >= 11 is 0. The van der Waals surface area contributed by atoms with Crippen molar-refractivity contribution in [3.63, 3.8) is 0 Å². The molecule has 0 radical (unpaired) electrons. The molecule has 0 aromatic heterocycles. The fourth-order valence-electron chi connectivity index (χ4n) is 1.81. The largest absolute Gasteiger partial charge is 0.459 e. The van der Waals surface area contributed by atoms with Crippen LogP contribution in [0.15, 0.2) is 60.7 Å². The van der Waals surface area contributed by atoms with Crippen LogP contribution in [0.3, 0.4) is 0 Å². The lowest BCUT2D eigenvalue weighted by atomic mass is 9.96. The van der Waals surface area contributed by atoms with E-state index in [0.29, 0.717) is 11.1 Å². The highest BCUT2D eigenvalue weighted by molar-refractivity contribution is 5.89. The zero-order valence-electron chi connectivity index (χ0n) is 10.9. The van der Waals surface area contributed by atoms with Gasteiger partial charge in [0.05, 0.1) is 12.2 Å². The van der Waals surface area contributed by atoms with Crippen molar-refractivity contribution in [3.8, 4) is 0 Å². The number of aliphatic hydroxyl groups is 2. The normalized spacial score (nSPS) is 13.5. The SMILES string of the molecule is O=C(OCC(O)(CO)c1ccccc1)c1ccccc1. The maximum absolute atomic E-state index is 11.8. The van der Waals surface area contributed by atoms with Crippen LogP contribution in [0.1, 0.15) is 15.9 Å². The number of carbonyl (C=O) groups excluding carboxylic acids is 1. The summed E-state index contributed by atoms with van der Waals surface area (Å²) in [6.45, 7) is -0.833. The number of carbonyl (C=O) groups is 1. The first-order valence-electron chi connectivity index (χ1n) is 6.27. The van der Waals surface area contributed by atoms with Crippen molar-refractivity contribution in [1.29, 1.82) is 0 Å². The van der Waals surface area contributed by atoms with Gasteiger partial charge in [0.25, 0.3) is 0 Å². The summed E-state index contributed by atoms with van der Waals surface area (Å²) in [4.78, 5) is 11.8. The maximum Gasteiger partial charge on any atom is 0.338 e. The molecule has 2 aromatic carbocycles.